The van der Waals surface area contributed by atoms with Crippen molar-refractivity contribution in [2.24, 2.45) is 0 Å². The van der Waals surface area contributed by atoms with E-state index < -0.39 is 5.91 Å². The van der Waals surface area contributed by atoms with Crippen molar-refractivity contribution in [3.63, 3.8) is 0 Å². The molecule has 0 saturated heterocycles. The molecule has 4 aromatic rings. The lowest BCUT2D eigenvalue weighted by atomic mass is 10.2. The van der Waals surface area contributed by atoms with Gasteiger partial charge in [-0.25, -0.2) is 0 Å². The smallest absolute Gasteiger partial charge is 0.291 e. The van der Waals surface area contributed by atoms with Crippen LogP contribution < -0.4 is 10.9 Å². The third-order valence-corrected chi connectivity index (χ3v) is 5.25. The van der Waals surface area contributed by atoms with E-state index in [1.165, 1.54) is 10.6 Å². The molecule has 0 aliphatic carbocycles. The minimum Gasteiger partial charge on any atom is -0.450 e. The second-order valence-corrected chi connectivity index (χ2v) is 7.46. The molecule has 2 heterocycles. The van der Waals surface area contributed by atoms with Crippen LogP contribution in [0.1, 0.15) is 16.1 Å². The number of pyridine rings is 1. The van der Waals surface area contributed by atoms with Gasteiger partial charge in [0, 0.05) is 22.7 Å². The normalized spacial score (nSPS) is 10.9. The molecule has 7 heteroatoms. The van der Waals surface area contributed by atoms with E-state index in [-0.39, 0.29) is 11.3 Å². The van der Waals surface area contributed by atoms with Gasteiger partial charge < -0.3 is 14.3 Å². The molecule has 28 heavy (non-hydrogen) atoms. The molecule has 1 N–H and O–H groups in total. The van der Waals surface area contributed by atoms with Crippen LogP contribution >= 0.6 is 27.5 Å². The van der Waals surface area contributed by atoms with Crippen molar-refractivity contribution in [3.8, 4) is 0 Å². The molecule has 0 fully saturated rings. The lowest BCUT2D eigenvalue weighted by Gasteiger charge is -2.10. The van der Waals surface area contributed by atoms with Gasteiger partial charge in [-0.05, 0) is 45.8 Å². The molecule has 0 aliphatic rings. The second kappa shape index (κ2) is 7.66. The Morgan fingerprint density at radius 2 is 1.93 bits per heavy atom. The zero-order chi connectivity index (χ0) is 19.7. The van der Waals surface area contributed by atoms with Gasteiger partial charge in [0.25, 0.3) is 11.5 Å². The summed E-state index contributed by atoms with van der Waals surface area (Å²) >= 11 is 9.59. The average Bonchev–Trinajstić information content (AvgIpc) is 3.12. The Bertz CT molecular complexity index is 1250. The van der Waals surface area contributed by atoms with Gasteiger partial charge >= 0.3 is 0 Å². The quantitative estimate of drug-likeness (QED) is 0.452. The Morgan fingerprint density at radius 3 is 2.71 bits per heavy atom. The fraction of sp³-hybridized carbons (Fsp3) is 0.0476. The first-order chi connectivity index (χ1) is 13.5. The molecule has 5 nitrogen and oxygen atoms in total. The van der Waals surface area contributed by atoms with Crippen LogP contribution in [0.2, 0.25) is 5.02 Å². The molecule has 0 aliphatic heterocycles. The third kappa shape index (κ3) is 3.74. The Hall–Kier alpha value is -2.83. The van der Waals surface area contributed by atoms with Crippen molar-refractivity contribution in [2.45, 2.75) is 6.54 Å². The minimum absolute atomic E-state index is 0.186. The predicted molar refractivity (Wildman–Crippen MR) is 113 cm³/mol. The number of halogens is 2. The summed E-state index contributed by atoms with van der Waals surface area (Å²) in [6.45, 7) is 0.305. The summed E-state index contributed by atoms with van der Waals surface area (Å²) in [5.41, 5.74) is 1.72. The summed E-state index contributed by atoms with van der Waals surface area (Å²) in [5.74, 6) is -0.211. The SMILES string of the molecule is O=C(Nc1ccc(=O)n(Cc2ccccc2Cl)c1)c1cc2cccc(Br)c2o1. The van der Waals surface area contributed by atoms with Gasteiger partial charge in [-0.2, -0.15) is 0 Å². The van der Waals surface area contributed by atoms with Gasteiger partial charge in [-0.3, -0.25) is 9.59 Å². The number of nitrogens with zero attached hydrogens (tertiary/aromatic N) is 1. The molecular weight excluding hydrogens is 444 g/mol. The standard InChI is InChI=1S/C21H14BrClN2O3/c22-16-6-3-5-13-10-18(28-20(13)16)21(27)24-15-8-9-19(26)25(12-15)11-14-4-1-2-7-17(14)23/h1-10,12H,11H2,(H,24,27). The van der Waals surface area contributed by atoms with E-state index in [0.717, 1.165) is 15.4 Å². The Kier molecular flexibility index (Phi) is 5.07. The zero-order valence-corrected chi connectivity index (χ0v) is 16.8. The number of aromatic nitrogens is 1. The van der Waals surface area contributed by atoms with Crippen molar-refractivity contribution < 1.29 is 9.21 Å². The molecule has 2 aromatic heterocycles. The van der Waals surface area contributed by atoms with E-state index in [1.807, 2.05) is 36.4 Å². The van der Waals surface area contributed by atoms with Crippen LogP contribution in [0.25, 0.3) is 11.0 Å². The van der Waals surface area contributed by atoms with Gasteiger partial charge in [-0.15, -0.1) is 0 Å². The van der Waals surface area contributed by atoms with Crippen LogP contribution in [0.15, 0.2) is 80.5 Å². The molecular formula is C21H14BrClN2O3. The lowest BCUT2D eigenvalue weighted by Crippen LogP contribution is -2.21. The number of para-hydroxylation sites is 1. The maximum atomic E-state index is 12.6. The number of carbonyl (C=O) groups excluding carboxylic acids is 1. The summed E-state index contributed by atoms with van der Waals surface area (Å²) in [6.07, 6.45) is 1.59. The first kappa shape index (κ1) is 18.5. The van der Waals surface area contributed by atoms with E-state index in [4.69, 9.17) is 16.0 Å². The van der Waals surface area contributed by atoms with Crippen molar-refractivity contribution >= 4 is 50.1 Å². The highest BCUT2D eigenvalue weighted by Crippen LogP contribution is 2.27. The van der Waals surface area contributed by atoms with Gasteiger partial charge in [0.05, 0.1) is 16.7 Å². The van der Waals surface area contributed by atoms with Gasteiger partial charge in [0.15, 0.2) is 5.76 Å². The average molecular weight is 458 g/mol. The van der Waals surface area contributed by atoms with E-state index in [9.17, 15) is 9.59 Å². The molecule has 0 unspecified atom stereocenters. The molecule has 0 spiro atoms. The number of hydrogen-bond donors (Lipinski definition) is 1. The van der Waals surface area contributed by atoms with Crippen LogP contribution in [0.4, 0.5) is 5.69 Å². The highest BCUT2D eigenvalue weighted by atomic mass is 79.9. The second-order valence-electron chi connectivity index (χ2n) is 6.20. The Balaban J connectivity index is 1.59. The minimum atomic E-state index is -0.397. The lowest BCUT2D eigenvalue weighted by molar-refractivity contribution is 0.0998. The summed E-state index contributed by atoms with van der Waals surface area (Å²) in [4.78, 5) is 24.8. The van der Waals surface area contributed by atoms with Crippen molar-refractivity contribution in [1.29, 1.82) is 0 Å². The van der Waals surface area contributed by atoms with Gasteiger partial charge in [0.2, 0.25) is 0 Å². The summed E-state index contributed by atoms with van der Waals surface area (Å²) < 4.78 is 7.92. The maximum Gasteiger partial charge on any atom is 0.291 e. The number of nitrogens with one attached hydrogen (secondary N) is 1. The molecule has 4 rings (SSSR count). The molecule has 0 bridgehead atoms. The number of furan rings is 1. The first-order valence-corrected chi connectivity index (χ1v) is 9.62. The number of hydrogen-bond acceptors (Lipinski definition) is 3. The van der Waals surface area contributed by atoms with Gasteiger partial charge in [-0.1, -0.05) is 41.9 Å². The summed E-state index contributed by atoms with van der Waals surface area (Å²) in [6, 6.07) is 17.5. The number of carbonyl (C=O) groups is 1. The Morgan fingerprint density at radius 1 is 1.11 bits per heavy atom. The number of benzene rings is 2. The molecule has 0 atom stereocenters. The van der Waals surface area contributed by atoms with Crippen LogP contribution in [-0.2, 0) is 6.54 Å². The molecule has 0 saturated carbocycles. The highest BCUT2D eigenvalue weighted by molar-refractivity contribution is 9.10. The highest BCUT2D eigenvalue weighted by Gasteiger charge is 2.14. The number of anilines is 1. The van der Waals surface area contributed by atoms with Gasteiger partial charge in [0.1, 0.15) is 5.58 Å². The van der Waals surface area contributed by atoms with E-state index in [0.29, 0.717) is 22.8 Å². The monoisotopic (exact) mass is 456 g/mol. The molecule has 2 aromatic carbocycles. The first-order valence-electron chi connectivity index (χ1n) is 8.44. The molecule has 0 radical (unpaired) electrons. The fourth-order valence-electron chi connectivity index (χ4n) is 2.87. The van der Waals surface area contributed by atoms with E-state index in [1.54, 1.807) is 24.4 Å². The van der Waals surface area contributed by atoms with Crippen LogP contribution in [0, 0.1) is 0 Å². The molecule has 1 amide bonds. The van der Waals surface area contributed by atoms with Crippen LogP contribution in [-0.4, -0.2) is 10.5 Å². The Labute approximate surface area is 173 Å². The number of fused-ring (bicyclic) bond motifs is 1. The zero-order valence-electron chi connectivity index (χ0n) is 14.5. The van der Waals surface area contributed by atoms with Crippen molar-refractivity contribution in [2.75, 3.05) is 5.32 Å². The molecule has 140 valence electrons. The summed E-state index contributed by atoms with van der Waals surface area (Å²) in [5, 5.41) is 4.17. The summed E-state index contributed by atoms with van der Waals surface area (Å²) in [7, 11) is 0. The third-order valence-electron chi connectivity index (χ3n) is 4.26. The van der Waals surface area contributed by atoms with Crippen molar-refractivity contribution in [3.05, 3.63) is 98.0 Å². The van der Waals surface area contributed by atoms with E-state index >= 15 is 0 Å². The largest absolute Gasteiger partial charge is 0.450 e. The van der Waals surface area contributed by atoms with E-state index in [2.05, 4.69) is 21.2 Å². The van der Waals surface area contributed by atoms with Crippen LogP contribution in [0.3, 0.4) is 0 Å². The number of amides is 1. The topological polar surface area (TPSA) is 64.2 Å². The van der Waals surface area contributed by atoms with Crippen LogP contribution in [0.5, 0.6) is 0 Å². The maximum absolute atomic E-state index is 12.6. The number of rotatable bonds is 4. The predicted octanol–water partition coefficient (Wildman–Crippen LogP) is 5.31. The van der Waals surface area contributed by atoms with Crippen molar-refractivity contribution in [1.82, 2.24) is 4.57 Å². The fourth-order valence-corrected chi connectivity index (χ4v) is 3.53.